The van der Waals surface area contributed by atoms with Crippen molar-refractivity contribution < 1.29 is 104 Å². The first-order valence-electron chi connectivity index (χ1n) is 14.9. The molecule has 6 rings (SSSR count). The Hall–Kier alpha value is -1.51. The number of carbonyl (C=O) groups excluding carboxylic acids is 1. The van der Waals surface area contributed by atoms with E-state index in [1.54, 1.807) is 0 Å². The summed E-state index contributed by atoms with van der Waals surface area (Å²) < 4.78 is 16.7. The minimum Gasteiger partial charge on any atom is -0.458 e. The van der Waals surface area contributed by atoms with Crippen molar-refractivity contribution in [2.24, 2.45) is 28.6 Å². The maximum Gasteiger partial charge on any atom is 0.331 e. The van der Waals surface area contributed by atoms with Gasteiger partial charge in [0.25, 0.3) is 0 Å². The lowest BCUT2D eigenvalue weighted by molar-refractivity contribution is -0.342. The average Bonchev–Trinajstić information content (AvgIpc) is 3.45. The molecular formula is C29H60O20. The summed E-state index contributed by atoms with van der Waals surface area (Å²) in [6.45, 7) is 3.00. The lowest BCUT2D eigenvalue weighted by atomic mass is 9.40. The molecule has 49 heavy (non-hydrogen) atoms. The third kappa shape index (κ3) is 7.02. The molecule has 4 aliphatic carbocycles. The van der Waals surface area contributed by atoms with Gasteiger partial charge in [0.1, 0.15) is 24.9 Å². The fraction of sp³-hybridized carbons (Fsp3) is 0.897. The molecular weight excluding hydrogens is 668 g/mol. The van der Waals surface area contributed by atoms with Gasteiger partial charge >= 0.3 is 5.97 Å². The molecule has 0 bridgehead atoms. The first-order chi connectivity index (χ1) is 19.2. The molecule has 0 spiro atoms. The van der Waals surface area contributed by atoms with Crippen LogP contribution in [0.25, 0.3) is 0 Å². The van der Waals surface area contributed by atoms with Gasteiger partial charge in [-0.25, -0.2) is 4.79 Å². The van der Waals surface area contributed by atoms with Crippen LogP contribution >= 0.6 is 0 Å². The number of aliphatic hydroxyl groups excluding tert-OH is 6. The van der Waals surface area contributed by atoms with Crippen molar-refractivity contribution in [2.45, 2.75) is 119 Å². The van der Waals surface area contributed by atoms with E-state index in [1.165, 1.54) is 13.0 Å². The smallest absolute Gasteiger partial charge is 0.331 e. The Balaban J connectivity index is -0.00000264. The molecule has 6 aliphatic rings. The van der Waals surface area contributed by atoms with Gasteiger partial charge in [0.05, 0.1) is 47.6 Å². The van der Waals surface area contributed by atoms with Gasteiger partial charge in [-0.05, 0) is 56.4 Å². The summed E-state index contributed by atoms with van der Waals surface area (Å²) in [7, 11) is 0. The predicted octanol–water partition coefficient (Wildman–Crippen LogP) is -8.11. The molecule has 0 amide bonds. The molecule has 2 aliphatic heterocycles. The second-order valence-electron chi connectivity index (χ2n) is 13.8. The zero-order chi connectivity index (χ0) is 29.7. The van der Waals surface area contributed by atoms with Crippen molar-refractivity contribution in [3.05, 3.63) is 11.6 Å². The topological polar surface area (TPSA) is 459 Å². The second-order valence-corrected chi connectivity index (χ2v) is 13.8. The molecule has 0 radical (unpaired) electrons. The highest BCUT2D eigenvalue weighted by Crippen LogP contribution is 2.70. The monoisotopic (exact) mass is 728 g/mol. The molecule has 1 saturated heterocycles. The van der Waals surface area contributed by atoms with Gasteiger partial charge in [-0.3, -0.25) is 0 Å². The van der Waals surface area contributed by atoms with Crippen molar-refractivity contribution in [1.82, 2.24) is 0 Å². The lowest BCUT2D eigenvalue weighted by Gasteiger charge is -2.68. The van der Waals surface area contributed by atoms with Crippen LogP contribution in [-0.4, -0.2) is 164 Å². The molecule has 2 heterocycles. The van der Waals surface area contributed by atoms with Gasteiger partial charge in [-0.1, -0.05) is 6.92 Å². The number of carbonyl (C=O) groups is 1. The third-order valence-corrected chi connectivity index (χ3v) is 12.2. The molecule has 5 fully saturated rings. The molecule has 0 aromatic rings. The zero-order valence-electron chi connectivity index (χ0n) is 27.5. The van der Waals surface area contributed by atoms with Gasteiger partial charge in [0.2, 0.25) is 0 Å². The van der Waals surface area contributed by atoms with E-state index in [0.29, 0.717) is 19.3 Å². The quantitative estimate of drug-likeness (QED) is 0.0988. The summed E-state index contributed by atoms with van der Waals surface area (Å²) in [4.78, 5) is 11.8. The largest absolute Gasteiger partial charge is 0.458 e. The van der Waals surface area contributed by atoms with Crippen molar-refractivity contribution >= 4 is 5.97 Å². The number of esters is 1. The first kappa shape index (κ1) is 51.9. The van der Waals surface area contributed by atoms with Gasteiger partial charge in [-0.15, -0.1) is 0 Å². The Bertz CT molecular complexity index is 1100. The van der Waals surface area contributed by atoms with Crippen molar-refractivity contribution in [1.29, 1.82) is 0 Å². The van der Waals surface area contributed by atoms with Crippen molar-refractivity contribution in [3.63, 3.8) is 0 Å². The molecule has 4 saturated carbocycles. The lowest BCUT2D eigenvalue weighted by Crippen LogP contribution is -2.76. The molecule has 296 valence electrons. The van der Waals surface area contributed by atoms with Crippen LogP contribution in [0.5, 0.6) is 0 Å². The van der Waals surface area contributed by atoms with Crippen LogP contribution < -0.4 is 0 Å². The van der Waals surface area contributed by atoms with Crippen LogP contribution in [0.3, 0.4) is 0 Å². The van der Waals surface area contributed by atoms with Crippen LogP contribution in [-0.2, 0) is 19.0 Å². The Kier molecular flexibility index (Phi) is 18.3. The number of rotatable bonds is 4. The van der Waals surface area contributed by atoms with E-state index in [1.807, 2.05) is 6.92 Å². The molecule has 1 unspecified atom stereocenters. The normalized spacial score (nSPS) is 47.6. The fourth-order valence-corrected chi connectivity index (χ4v) is 10.1. The summed E-state index contributed by atoms with van der Waals surface area (Å²) in [5, 5.41) is 89.6. The maximum atomic E-state index is 12.4. The fourth-order valence-electron chi connectivity index (χ4n) is 10.1. The van der Waals surface area contributed by atoms with E-state index in [9.17, 15) is 45.6 Å². The number of hydrogen-bond donors (Lipinski definition) is 8. The number of ether oxygens (including phenoxy) is 3. The minimum atomic E-state index is -1.67. The van der Waals surface area contributed by atoms with Crippen LogP contribution in [0.4, 0.5) is 0 Å². The molecule has 20 nitrogen and oxygen atoms in total. The molecule has 24 N–H and O–H groups in total. The molecule has 0 aromatic carbocycles. The standard InChI is InChI=1S/C29H44O12.8H2O/c1-13-22(34)23(35)24(36)25(40-13)41-15-8-19(32)28(12-30)21-17(3-5-27(28,37)9-15)29(38)6-4-16(14-7-20(33)39-11-14)26(29,2)10-18(21)31;;;;;;;;/h7,13,15-19,21-25,30-32,34-38H,3-6,8-12H2,1-2H3;8*1H2/t13-,15+,16-,17-,18-,19-,21-,22+,23+,24-,25?,26-,27+,28-,29+;;;;;;;;/m1......../s1. The predicted molar refractivity (Wildman–Crippen MR) is 168 cm³/mol. The summed E-state index contributed by atoms with van der Waals surface area (Å²) >= 11 is 0. The van der Waals surface area contributed by atoms with Crippen LogP contribution in [0.1, 0.15) is 58.8 Å². The third-order valence-electron chi connectivity index (χ3n) is 12.2. The zero-order valence-corrected chi connectivity index (χ0v) is 27.5. The van der Waals surface area contributed by atoms with E-state index in [0.717, 1.165) is 5.57 Å². The number of hydrogen-bond acceptors (Lipinski definition) is 12. The van der Waals surface area contributed by atoms with E-state index < -0.39 is 95.5 Å². The summed E-state index contributed by atoms with van der Waals surface area (Å²) in [6, 6.07) is 0. The Morgan fingerprint density at radius 1 is 0.878 bits per heavy atom. The van der Waals surface area contributed by atoms with Crippen molar-refractivity contribution in [2.75, 3.05) is 13.2 Å². The first-order valence-corrected chi connectivity index (χ1v) is 14.9. The van der Waals surface area contributed by atoms with Crippen LogP contribution in [0.2, 0.25) is 0 Å². The molecule has 15 atom stereocenters. The Morgan fingerprint density at radius 3 is 2.04 bits per heavy atom. The Morgan fingerprint density at radius 2 is 1.49 bits per heavy atom. The van der Waals surface area contributed by atoms with E-state index in [4.69, 9.17) is 14.2 Å². The average molecular weight is 729 g/mol. The minimum absolute atomic E-state index is 0. The second kappa shape index (κ2) is 17.3. The highest BCUT2D eigenvalue weighted by Gasteiger charge is 2.75. The van der Waals surface area contributed by atoms with E-state index in [-0.39, 0.29) is 82.0 Å². The molecule has 0 aromatic heterocycles. The van der Waals surface area contributed by atoms with E-state index in [2.05, 4.69) is 0 Å². The van der Waals surface area contributed by atoms with Gasteiger partial charge in [0.15, 0.2) is 6.29 Å². The summed E-state index contributed by atoms with van der Waals surface area (Å²) in [6.07, 6.45) is -6.68. The summed E-state index contributed by atoms with van der Waals surface area (Å²) in [5.74, 6) is -1.93. The number of aliphatic hydroxyl groups is 8. The SMILES string of the molecule is C[C@H]1OC(O[C@H]2C[C@@H](O)[C@]3(CO)[C@H]4[C@H](O)C[C@]5(C)[C@@H](C6=CC(=O)OC6)CC[C@]5(O)[C@@H]4CC[C@]3(O)C2)[C@H](O)[C@@H](O)[C@H]1O.O.O.O.O.O.O.O.O. The Labute approximate surface area is 282 Å². The van der Waals surface area contributed by atoms with Crippen molar-refractivity contribution in [3.8, 4) is 0 Å². The number of fused-ring (bicyclic) bond motifs is 5. The highest BCUT2D eigenvalue weighted by molar-refractivity contribution is 5.85. The van der Waals surface area contributed by atoms with Crippen LogP contribution in [0, 0.1) is 28.6 Å². The van der Waals surface area contributed by atoms with Gasteiger partial charge in [0, 0.05) is 30.3 Å². The summed E-state index contributed by atoms with van der Waals surface area (Å²) in [5.41, 5.74) is -4.46. The maximum absolute atomic E-state index is 12.4. The van der Waals surface area contributed by atoms with Gasteiger partial charge in [-0.2, -0.15) is 0 Å². The van der Waals surface area contributed by atoms with Crippen LogP contribution in [0.15, 0.2) is 11.6 Å². The molecule has 20 heteroatoms. The highest BCUT2D eigenvalue weighted by atomic mass is 16.7. The van der Waals surface area contributed by atoms with E-state index >= 15 is 0 Å². The van der Waals surface area contributed by atoms with Gasteiger partial charge < -0.3 is 98.9 Å². The number of cyclic esters (lactones) is 1.